The molecule has 5 heteroatoms. The van der Waals surface area contributed by atoms with Crippen molar-refractivity contribution in [2.45, 2.75) is 13.3 Å². The molecule has 2 N–H and O–H groups in total. The van der Waals surface area contributed by atoms with Crippen molar-refractivity contribution in [2.75, 3.05) is 37.6 Å². The quantitative estimate of drug-likeness (QED) is 0.868. The fraction of sp³-hybridized carbons (Fsp3) is 0.571. The number of anilines is 1. The number of piperazine rings is 1. The van der Waals surface area contributed by atoms with Gasteiger partial charge < -0.3 is 15.5 Å². The van der Waals surface area contributed by atoms with Crippen molar-refractivity contribution in [2.24, 2.45) is 11.7 Å². The van der Waals surface area contributed by atoms with Gasteiger partial charge >= 0.3 is 0 Å². The molecular formula is C14H22N4O. The van der Waals surface area contributed by atoms with Crippen LogP contribution in [0, 0.1) is 5.92 Å². The predicted octanol–water partition coefficient (Wildman–Crippen LogP) is 0.715. The zero-order valence-corrected chi connectivity index (χ0v) is 11.5. The van der Waals surface area contributed by atoms with Crippen LogP contribution in [0.2, 0.25) is 0 Å². The second-order valence-electron chi connectivity index (χ2n) is 5.10. The molecule has 0 radical (unpaired) electrons. The smallest absolute Gasteiger partial charge is 0.223 e. The van der Waals surface area contributed by atoms with E-state index in [2.05, 4.69) is 9.88 Å². The van der Waals surface area contributed by atoms with Crippen LogP contribution in [0.3, 0.4) is 0 Å². The van der Waals surface area contributed by atoms with Crippen LogP contribution >= 0.6 is 0 Å². The fourth-order valence-corrected chi connectivity index (χ4v) is 2.24. The van der Waals surface area contributed by atoms with E-state index in [4.69, 9.17) is 5.73 Å². The molecule has 1 unspecified atom stereocenters. The Morgan fingerprint density at radius 2 is 2.11 bits per heavy atom. The highest BCUT2D eigenvalue weighted by Crippen LogP contribution is 2.13. The first-order valence-electron chi connectivity index (χ1n) is 6.84. The van der Waals surface area contributed by atoms with Gasteiger partial charge in [-0.1, -0.05) is 13.0 Å². The molecule has 104 valence electrons. The van der Waals surface area contributed by atoms with Crippen molar-refractivity contribution >= 4 is 11.7 Å². The fourth-order valence-electron chi connectivity index (χ4n) is 2.24. The molecule has 2 heterocycles. The number of rotatable bonds is 4. The molecule has 1 atom stereocenters. The predicted molar refractivity (Wildman–Crippen MR) is 75.9 cm³/mol. The lowest BCUT2D eigenvalue weighted by Gasteiger charge is -2.35. The first-order valence-corrected chi connectivity index (χ1v) is 6.84. The molecule has 0 aromatic carbocycles. The minimum absolute atomic E-state index is 0.221. The van der Waals surface area contributed by atoms with Gasteiger partial charge in [-0.3, -0.25) is 4.79 Å². The molecule has 1 aliphatic rings. The summed E-state index contributed by atoms with van der Waals surface area (Å²) in [5.41, 5.74) is 5.56. The van der Waals surface area contributed by atoms with Crippen molar-refractivity contribution in [3.8, 4) is 0 Å². The molecule has 0 aliphatic carbocycles. The van der Waals surface area contributed by atoms with Crippen LogP contribution < -0.4 is 10.6 Å². The number of hydrogen-bond acceptors (Lipinski definition) is 4. The lowest BCUT2D eigenvalue weighted by atomic mass is 10.1. The van der Waals surface area contributed by atoms with Crippen molar-refractivity contribution < 1.29 is 4.79 Å². The maximum atomic E-state index is 12.0. The highest BCUT2D eigenvalue weighted by molar-refractivity contribution is 5.76. The zero-order chi connectivity index (χ0) is 13.7. The maximum Gasteiger partial charge on any atom is 0.223 e. The Hall–Kier alpha value is -1.62. The summed E-state index contributed by atoms with van der Waals surface area (Å²) in [4.78, 5) is 20.5. The molecule has 1 aromatic heterocycles. The van der Waals surface area contributed by atoms with Crippen LogP contribution in [0.1, 0.15) is 13.3 Å². The molecule has 0 spiro atoms. The summed E-state index contributed by atoms with van der Waals surface area (Å²) < 4.78 is 0. The summed E-state index contributed by atoms with van der Waals surface area (Å²) in [6.45, 7) is 5.82. The molecule has 1 aliphatic heterocycles. The van der Waals surface area contributed by atoms with Crippen LogP contribution in [0.15, 0.2) is 24.4 Å². The number of pyridine rings is 1. The van der Waals surface area contributed by atoms with Gasteiger partial charge in [0.25, 0.3) is 0 Å². The van der Waals surface area contributed by atoms with Crippen LogP contribution in [0.5, 0.6) is 0 Å². The van der Waals surface area contributed by atoms with E-state index in [-0.39, 0.29) is 11.8 Å². The largest absolute Gasteiger partial charge is 0.353 e. The molecule has 1 aromatic rings. The normalized spacial score (nSPS) is 17.4. The Bertz CT molecular complexity index is 401. The zero-order valence-electron chi connectivity index (χ0n) is 11.5. The Labute approximate surface area is 114 Å². The molecule has 2 rings (SSSR count). The summed E-state index contributed by atoms with van der Waals surface area (Å²) in [6.07, 6.45) is 2.36. The third-order valence-electron chi connectivity index (χ3n) is 3.53. The Morgan fingerprint density at radius 1 is 1.37 bits per heavy atom. The monoisotopic (exact) mass is 262 g/mol. The maximum absolute atomic E-state index is 12.0. The van der Waals surface area contributed by atoms with Gasteiger partial charge in [-0.15, -0.1) is 0 Å². The average Bonchev–Trinajstić information content (AvgIpc) is 2.48. The van der Waals surface area contributed by atoms with E-state index >= 15 is 0 Å². The SMILES string of the molecule is CC(CN)CC(=O)N1CCN(c2ccccn2)CC1. The van der Waals surface area contributed by atoms with Crippen molar-refractivity contribution in [3.63, 3.8) is 0 Å². The van der Waals surface area contributed by atoms with E-state index in [1.807, 2.05) is 30.0 Å². The minimum atomic E-state index is 0.221. The number of aromatic nitrogens is 1. The van der Waals surface area contributed by atoms with E-state index in [0.29, 0.717) is 13.0 Å². The first-order chi connectivity index (χ1) is 9.20. The first kappa shape index (κ1) is 13.8. The van der Waals surface area contributed by atoms with Gasteiger partial charge in [-0.05, 0) is 24.6 Å². The van der Waals surface area contributed by atoms with Crippen LogP contribution in [0.25, 0.3) is 0 Å². The van der Waals surface area contributed by atoms with Crippen molar-refractivity contribution in [1.29, 1.82) is 0 Å². The number of hydrogen-bond donors (Lipinski definition) is 1. The number of nitrogens with two attached hydrogens (primary N) is 1. The molecule has 0 bridgehead atoms. The number of carbonyl (C=O) groups excluding carboxylic acids is 1. The Balaban J connectivity index is 1.84. The van der Waals surface area contributed by atoms with Crippen LogP contribution in [-0.2, 0) is 4.79 Å². The van der Waals surface area contributed by atoms with Crippen molar-refractivity contribution in [1.82, 2.24) is 9.88 Å². The third kappa shape index (κ3) is 3.67. The van der Waals surface area contributed by atoms with E-state index < -0.39 is 0 Å². The standard InChI is InChI=1S/C14H22N4O/c1-12(11-15)10-14(19)18-8-6-17(7-9-18)13-4-2-3-5-16-13/h2-5,12H,6-11,15H2,1H3. The lowest BCUT2D eigenvalue weighted by molar-refractivity contribution is -0.132. The van der Waals surface area contributed by atoms with E-state index in [1.165, 1.54) is 0 Å². The highest BCUT2D eigenvalue weighted by Gasteiger charge is 2.22. The number of nitrogens with zero attached hydrogens (tertiary/aromatic N) is 3. The van der Waals surface area contributed by atoms with Crippen LogP contribution in [-0.4, -0.2) is 48.5 Å². The van der Waals surface area contributed by atoms with Gasteiger partial charge in [0.15, 0.2) is 0 Å². The van der Waals surface area contributed by atoms with Crippen molar-refractivity contribution in [3.05, 3.63) is 24.4 Å². The van der Waals surface area contributed by atoms with Gasteiger partial charge in [0, 0.05) is 38.8 Å². The summed E-state index contributed by atoms with van der Waals surface area (Å²) in [7, 11) is 0. The molecule has 19 heavy (non-hydrogen) atoms. The lowest BCUT2D eigenvalue weighted by Crippen LogP contribution is -2.49. The topological polar surface area (TPSA) is 62.5 Å². The minimum Gasteiger partial charge on any atom is -0.353 e. The Kier molecular flexibility index (Phi) is 4.74. The van der Waals surface area contributed by atoms with Gasteiger partial charge in [-0.25, -0.2) is 4.98 Å². The number of amides is 1. The van der Waals surface area contributed by atoms with E-state index in [9.17, 15) is 4.79 Å². The summed E-state index contributed by atoms with van der Waals surface area (Å²) in [6, 6.07) is 5.91. The molecular weight excluding hydrogens is 240 g/mol. The highest BCUT2D eigenvalue weighted by atomic mass is 16.2. The summed E-state index contributed by atoms with van der Waals surface area (Å²) in [5, 5.41) is 0. The van der Waals surface area contributed by atoms with E-state index in [1.54, 1.807) is 6.20 Å². The summed E-state index contributed by atoms with van der Waals surface area (Å²) >= 11 is 0. The van der Waals surface area contributed by atoms with E-state index in [0.717, 1.165) is 32.0 Å². The van der Waals surface area contributed by atoms with Gasteiger partial charge in [0.05, 0.1) is 0 Å². The molecule has 5 nitrogen and oxygen atoms in total. The molecule has 0 saturated carbocycles. The van der Waals surface area contributed by atoms with Crippen LogP contribution in [0.4, 0.5) is 5.82 Å². The second-order valence-corrected chi connectivity index (χ2v) is 5.10. The molecule has 1 fully saturated rings. The Morgan fingerprint density at radius 3 is 2.68 bits per heavy atom. The molecule has 1 amide bonds. The number of carbonyl (C=O) groups is 1. The van der Waals surface area contributed by atoms with Gasteiger partial charge in [0.2, 0.25) is 5.91 Å². The summed E-state index contributed by atoms with van der Waals surface area (Å²) in [5.74, 6) is 1.48. The average molecular weight is 262 g/mol. The molecule has 1 saturated heterocycles. The second kappa shape index (κ2) is 6.52. The van der Waals surface area contributed by atoms with Gasteiger partial charge in [-0.2, -0.15) is 0 Å². The van der Waals surface area contributed by atoms with Gasteiger partial charge in [0.1, 0.15) is 5.82 Å². The third-order valence-corrected chi connectivity index (χ3v) is 3.53.